The van der Waals surface area contributed by atoms with E-state index in [0.29, 0.717) is 22.2 Å². The van der Waals surface area contributed by atoms with Gasteiger partial charge in [0, 0.05) is 24.2 Å². The zero-order valence-electron chi connectivity index (χ0n) is 12.5. The van der Waals surface area contributed by atoms with E-state index < -0.39 is 6.04 Å². The first-order chi connectivity index (χ1) is 10.3. The topological polar surface area (TPSA) is 70.2 Å². The van der Waals surface area contributed by atoms with E-state index in [9.17, 15) is 9.59 Å². The Hall–Kier alpha value is -1.46. The third kappa shape index (κ3) is 4.52. The monoisotopic (exact) mass is 343 g/mol. The first kappa shape index (κ1) is 16.9. The second-order valence-corrected chi connectivity index (χ2v) is 6.42. The van der Waals surface area contributed by atoms with Crippen molar-refractivity contribution in [3.05, 3.63) is 28.2 Å². The molecular formula is C15H19Cl2N3O2. The van der Waals surface area contributed by atoms with E-state index in [2.05, 4.69) is 16.0 Å². The molecule has 0 aromatic heterocycles. The number of halogens is 2. The van der Waals surface area contributed by atoms with Crippen LogP contribution in [0.3, 0.4) is 0 Å². The number of benzene rings is 1. The molecule has 3 N–H and O–H groups in total. The minimum Gasteiger partial charge on any atom is -0.374 e. The van der Waals surface area contributed by atoms with Crippen LogP contribution >= 0.6 is 23.2 Å². The largest absolute Gasteiger partial charge is 0.374 e. The maximum Gasteiger partial charge on any atom is 0.242 e. The number of anilines is 1. The predicted octanol–water partition coefficient (Wildman–Crippen LogP) is 2.58. The summed E-state index contributed by atoms with van der Waals surface area (Å²) in [4.78, 5) is 23.7. The van der Waals surface area contributed by atoms with Crippen LogP contribution in [0.4, 0.5) is 5.69 Å². The predicted molar refractivity (Wildman–Crippen MR) is 88.3 cm³/mol. The van der Waals surface area contributed by atoms with Gasteiger partial charge in [-0.1, -0.05) is 23.2 Å². The molecule has 1 saturated heterocycles. The summed E-state index contributed by atoms with van der Waals surface area (Å²) in [5.41, 5.74) is 0.715. The van der Waals surface area contributed by atoms with Gasteiger partial charge in [-0.15, -0.1) is 0 Å². The van der Waals surface area contributed by atoms with Gasteiger partial charge in [0.2, 0.25) is 11.8 Å². The number of rotatable bonds is 4. The summed E-state index contributed by atoms with van der Waals surface area (Å²) in [6, 6.07) is 4.60. The Morgan fingerprint density at radius 1 is 1.36 bits per heavy atom. The summed E-state index contributed by atoms with van der Waals surface area (Å²) in [6.07, 6.45) is 1.05. The molecule has 0 saturated carbocycles. The molecule has 22 heavy (non-hydrogen) atoms. The number of hydrogen-bond donors (Lipinski definition) is 3. The molecule has 7 heteroatoms. The second-order valence-electron chi connectivity index (χ2n) is 5.61. The normalized spacial score (nSPS) is 22.6. The van der Waals surface area contributed by atoms with Gasteiger partial charge in [-0.25, -0.2) is 0 Å². The Morgan fingerprint density at radius 3 is 2.73 bits per heavy atom. The standard InChI is InChI=1S/C15H19Cl2N3O2/c1-8-5-11(7-14(21)18-8)20-15(22)9(2)19-10-3-4-12(16)13(17)6-10/h3-4,6,8-9,11,19H,5,7H2,1-2H3,(H,18,21)(H,20,22). The zero-order valence-corrected chi connectivity index (χ0v) is 14.0. The molecule has 1 heterocycles. The molecule has 2 rings (SSSR count). The first-order valence-electron chi connectivity index (χ1n) is 7.16. The van der Waals surface area contributed by atoms with Gasteiger partial charge >= 0.3 is 0 Å². The molecule has 1 aliphatic rings. The number of nitrogens with one attached hydrogen (secondary N) is 3. The molecule has 0 aliphatic carbocycles. The average Bonchev–Trinajstić information content (AvgIpc) is 2.41. The van der Waals surface area contributed by atoms with E-state index in [0.717, 1.165) is 6.42 Å². The molecule has 1 aliphatic heterocycles. The molecule has 3 atom stereocenters. The number of amides is 2. The van der Waals surface area contributed by atoms with Crippen LogP contribution in [0.1, 0.15) is 26.7 Å². The van der Waals surface area contributed by atoms with E-state index in [1.165, 1.54) is 0 Å². The lowest BCUT2D eigenvalue weighted by atomic mass is 10.00. The van der Waals surface area contributed by atoms with E-state index in [4.69, 9.17) is 23.2 Å². The number of hydrogen-bond acceptors (Lipinski definition) is 3. The van der Waals surface area contributed by atoms with Crippen molar-refractivity contribution in [3.63, 3.8) is 0 Å². The highest BCUT2D eigenvalue weighted by Gasteiger charge is 2.26. The highest BCUT2D eigenvalue weighted by atomic mass is 35.5. The smallest absolute Gasteiger partial charge is 0.242 e. The van der Waals surface area contributed by atoms with Crippen LogP contribution < -0.4 is 16.0 Å². The third-order valence-corrected chi connectivity index (χ3v) is 4.26. The number of carbonyl (C=O) groups is 2. The van der Waals surface area contributed by atoms with Crippen molar-refractivity contribution in [1.29, 1.82) is 0 Å². The highest BCUT2D eigenvalue weighted by molar-refractivity contribution is 6.42. The maximum absolute atomic E-state index is 12.2. The summed E-state index contributed by atoms with van der Waals surface area (Å²) in [7, 11) is 0. The van der Waals surface area contributed by atoms with Crippen molar-refractivity contribution in [2.24, 2.45) is 0 Å². The van der Waals surface area contributed by atoms with Gasteiger partial charge in [0.1, 0.15) is 6.04 Å². The number of piperidine rings is 1. The van der Waals surface area contributed by atoms with Crippen LogP contribution in [0.25, 0.3) is 0 Å². The van der Waals surface area contributed by atoms with Crippen molar-refractivity contribution in [2.75, 3.05) is 5.32 Å². The van der Waals surface area contributed by atoms with Gasteiger partial charge in [0.15, 0.2) is 0 Å². The Labute approximate surface area is 139 Å². The SMILES string of the molecule is CC1CC(NC(=O)C(C)Nc2ccc(Cl)c(Cl)c2)CC(=O)N1. The van der Waals surface area contributed by atoms with E-state index in [1.54, 1.807) is 25.1 Å². The third-order valence-electron chi connectivity index (χ3n) is 3.52. The van der Waals surface area contributed by atoms with Crippen molar-refractivity contribution < 1.29 is 9.59 Å². The minimum atomic E-state index is -0.447. The molecule has 120 valence electrons. The van der Waals surface area contributed by atoms with Crippen LogP contribution in [0.15, 0.2) is 18.2 Å². The Bertz CT molecular complexity index is 580. The molecule has 1 aromatic carbocycles. The maximum atomic E-state index is 12.2. The van der Waals surface area contributed by atoms with Gasteiger partial charge in [-0.2, -0.15) is 0 Å². The van der Waals surface area contributed by atoms with E-state index in [1.807, 2.05) is 6.92 Å². The van der Waals surface area contributed by atoms with Crippen LogP contribution in [-0.2, 0) is 9.59 Å². The fourth-order valence-electron chi connectivity index (χ4n) is 2.46. The summed E-state index contributed by atoms with van der Waals surface area (Å²) < 4.78 is 0. The first-order valence-corrected chi connectivity index (χ1v) is 7.92. The summed E-state index contributed by atoms with van der Waals surface area (Å²) >= 11 is 11.8. The van der Waals surface area contributed by atoms with Gasteiger partial charge in [-0.05, 0) is 38.5 Å². The molecule has 1 fully saturated rings. The lowest BCUT2D eigenvalue weighted by Crippen LogP contribution is -2.51. The highest BCUT2D eigenvalue weighted by Crippen LogP contribution is 2.25. The Morgan fingerprint density at radius 2 is 2.09 bits per heavy atom. The zero-order chi connectivity index (χ0) is 16.3. The van der Waals surface area contributed by atoms with Gasteiger partial charge in [0.05, 0.1) is 10.0 Å². The summed E-state index contributed by atoms with van der Waals surface area (Å²) in [5.74, 6) is -0.188. The molecule has 3 unspecified atom stereocenters. The quantitative estimate of drug-likeness (QED) is 0.786. The molecular weight excluding hydrogens is 325 g/mol. The fourth-order valence-corrected chi connectivity index (χ4v) is 2.76. The lowest BCUT2D eigenvalue weighted by Gasteiger charge is -2.29. The molecule has 1 aromatic rings. The van der Waals surface area contributed by atoms with Crippen molar-refractivity contribution in [2.45, 2.75) is 44.8 Å². The molecule has 0 spiro atoms. The van der Waals surface area contributed by atoms with Crippen LogP contribution in [-0.4, -0.2) is 29.9 Å². The Kier molecular flexibility index (Phi) is 5.53. The minimum absolute atomic E-state index is 0.0332. The van der Waals surface area contributed by atoms with E-state index >= 15 is 0 Å². The number of carbonyl (C=O) groups excluding carboxylic acids is 2. The van der Waals surface area contributed by atoms with Crippen LogP contribution in [0, 0.1) is 0 Å². The summed E-state index contributed by atoms with van der Waals surface area (Å²) in [6.45, 7) is 3.68. The lowest BCUT2D eigenvalue weighted by molar-refractivity contribution is -0.125. The molecule has 0 radical (unpaired) electrons. The molecule has 0 bridgehead atoms. The van der Waals surface area contributed by atoms with Crippen LogP contribution in [0.2, 0.25) is 10.0 Å². The molecule has 5 nitrogen and oxygen atoms in total. The molecule has 2 amide bonds. The Balaban J connectivity index is 1.91. The van der Waals surface area contributed by atoms with Crippen molar-refractivity contribution in [3.8, 4) is 0 Å². The van der Waals surface area contributed by atoms with Gasteiger partial charge in [0.25, 0.3) is 0 Å². The average molecular weight is 344 g/mol. The van der Waals surface area contributed by atoms with Gasteiger partial charge < -0.3 is 16.0 Å². The van der Waals surface area contributed by atoms with Crippen molar-refractivity contribution in [1.82, 2.24) is 10.6 Å². The van der Waals surface area contributed by atoms with Gasteiger partial charge in [-0.3, -0.25) is 9.59 Å². The second kappa shape index (κ2) is 7.20. The van der Waals surface area contributed by atoms with Crippen molar-refractivity contribution >= 4 is 40.7 Å². The fraction of sp³-hybridized carbons (Fsp3) is 0.467. The van der Waals surface area contributed by atoms with Crippen LogP contribution in [0.5, 0.6) is 0 Å². The summed E-state index contributed by atoms with van der Waals surface area (Å²) in [5, 5.41) is 9.69. The van der Waals surface area contributed by atoms with E-state index in [-0.39, 0.29) is 23.9 Å².